The smallest absolute Gasteiger partial charge is 0.220 e. The number of hydrogen-bond donors (Lipinski definition) is 1. The van der Waals surface area contributed by atoms with E-state index in [0.717, 1.165) is 16.5 Å². The van der Waals surface area contributed by atoms with Gasteiger partial charge in [0.25, 0.3) is 0 Å². The molecule has 1 aromatic heterocycles. The highest BCUT2D eigenvalue weighted by Crippen LogP contribution is 2.31. The monoisotopic (exact) mass is 308 g/mol. The first kappa shape index (κ1) is 15.3. The normalized spacial score (nSPS) is 10.8. The fraction of sp³-hybridized carbons (Fsp3) is 0.429. The van der Waals surface area contributed by atoms with Crippen molar-refractivity contribution >= 4 is 21.6 Å². The number of rotatable bonds is 8. The molecule has 6 heteroatoms. The van der Waals surface area contributed by atoms with Gasteiger partial charge in [-0.1, -0.05) is 67.3 Å². The maximum Gasteiger partial charge on any atom is 0.220 e. The van der Waals surface area contributed by atoms with Crippen molar-refractivity contribution in [2.45, 2.75) is 37.8 Å². The fourth-order valence-corrected chi connectivity index (χ4v) is 3.81. The fourth-order valence-electron chi connectivity index (χ4n) is 1.80. The van der Waals surface area contributed by atoms with Crippen LogP contribution in [0.15, 0.2) is 35.5 Å². The van der Waals surface area contributed by atoms with Gasteiger partial charge in [-0.25, -0.2) is 4.68 Å². The molecule has 1 aromatic carbocycles. The summed E-state index contributed by atoms with van der Waals surface area (Å²) in [5.41, 5.74) is 0.988. The molecular weight excluding hydrogens is 288 g/mol. The highest BCUT2D eigenvalue weighted by Gasteiger charge is 2.11. The first-order valence-corrected chi connectivity index (χ1v) is 9.20. The molecule has 0 unspecified atom stereocenters. The Balaban J connectivity index is 1.86. The highest BCUT2D eigenvalue weighted by molar-refractivity contribution is 8.76. The predicted molar refractivity (Wildman–Crippen MR) is 88.1 cm³/mol. The van der Waals surface area contributed by atoms with E-state index in [1.165, 1.54) is 25.7 Å². The molecular formula is C14H20N4S2. The van der Waals surface area contributed by atoms with E-state index >= 15 is 0 Å². The zero-order valence-electron chi connectivity index (χ0n) is 11.7. The summed E-state index contributed by atoms with van der Waals surface area (Å²) in [7, 11) is 3.39. The second-order valence-electron chi connectivity index (χ2n) is 4.51. The van der Waals surface area contributed by atoms with Gasteiger partial charge in [-0.2, -0.15) is 0 Å². The van der Waals surface area contributed by atoms with Crippen LogP contribution in [0, 0.1) is 0 Å². The summed E-state index contributed by atoms with van der Waals surface area (Å²) in [6, 6.07) is 9.89. The molecule has 1 heterocycles. The van der Waals surface area contributed by atoms with Crippen LogP contribution >= 0.6 is 21.6 Å². The van der Waals surface area contributed by atoms with Gasteiger partial charge < -0.3 is 5.84 Å². The lowest BCUT2D eigenvalue weighted by molar-refractivity contribution is 0.707. The van der Waals surface area contributed by atoms with Crippen molar-refractivity contribution in [3.05, 3.63) is 30.3 Å². The Bertz CT molecular complexity index is 513. The summed E-state index contributed by atoms with van der Waals surface area (Å²) in [6.07, 6.45) is 5.14. The molecule has 0 spiro atoms. The van der Waals surface area contributed by atoms with E-state index in [2.05, 4.69) is 17.1 Å². The van der Waals surface area contributed by atoms with E-state index in [4.69, 9.17) is 5.84 Å². The van der Waals surface area contributed by atoms with Crippen LogP contribution in [-0.4, -0.2) is 20.6 Å². The van der Waals surface area contributed by atoms with Gasteiger partial charge in [-0.3, -0.25) is 0 Å². The molecule has 108 valence electrons. The summed E-state index contributed by atoms with van der Waals surface area (Å²) in [6.45, 7) is 2.23. The highest BCUT2D eigenvalue weighted by atomic mass is 33.1. The largest absolute Gasteiger partial charge is 0.335 e. The quantitative estimate of drug-likeness (QED) is 0.454. The van der Waals surface area contributed by atoms with E-state index in [0.29, 0.717) is 5.82 Å². The second-order valence-corrected chi connectivity index (χ2v) is 6.89. The average molecular weight is 308 g/mol. The molecule has 0 fully saturated rings. The minimum Gasteiger partial charge on any atom is -0.335 e. The molecule has 0 aliphatic rings. The molecule has 0 atom stereocenters. The van der Waals surface area contributed by atoms with Crippen LogP contribution in [0.3, 0.4) is 0 Å². The molecule has 2 N–H and O–H groups in total. The second kappa shape index (κ2) is 8.21. The van der Waals surface area contributed by atoms with Crippen molar-refractivity contribution in [2.75, 3.05) is 11.6 Å². The van der Waals surface area contributed by atoms with Crippen LogP contribution in [0.25, 0.3) is 11.4 Å². The van der Waals surface area contributed by atoms with Gasteiger partial charge in [-0.15, -0.1) is 10.2 Å². The summed E-state index contributed by atoms with van der Waals surface area (Å²) < 4.78 is 1.57. The van der Waals surface area contributed by atoms with Gasteiger partial charge in [0.05, 0.1) is 0 Å². The third-order valence-electron chi connectivity index (χ3n) is 2.91. The van der Waals surface area contributed by atoms with Crippen LogP contribution in [0.1, 0.15) is 32.6 Å². The SMILES string of the molecule is CCCCCCSSc1nnc(-c2ccccc2)n1N. The third kappa shape index (κ3) is 4.18. The number of nitrogens with two attached hydrogens (primary N) is 1. The number of unbranched alkanes of at least 4 members (excludes halogenated alkanes) is 3. The number of aromatic nitrogens is 3. The lowest BCUT2D eigenvalue weighted by Crippen LogP contribution is -2.11. The molecule has 0 bridgehead atoms. The number of nitrogens with zero attached hydrogens (tertiary/aromatic N) is 3. The molecule has 0 radical (unpaired) electrons. The third-order valence-corrected chi connectivity index (χ3v) is 5.21. The van der Waals surface area contributed by atoms with Crippen LogP contribution in [0.4, 0.5) is 0 Å². The van der Waals surface area contributed by atoms with Gasteiger partial charge in [0, 0.05) is 11.3 Å². The van der Waals surface area contributed by atoms with Gasteiger partial charge in [0.15, 0.2) is 5.82 Å². The van der Waals surface area contributed by atoms with E-state index < -0.39 is 0 Å². The van der Waals surface area contributed by atoms with E-state index in [1.54, 1.807) is 26.3 Å². The van der Waals surface area contributed by atoms with Crippen molar-refractivity contribution < 1.29 is 0 Å². The van der Waals surface area contributed by atoms with E-state index in [1.807, 2.05) is 30.3 Å². The molecule has 2 aromatic rings. The first-order chi connectivity index (χ1) is 9.83. The lowest BCUT2D eigenvalue weighted by atomic mass is 10.2. The van der Waals surface area contributed by atoms with Crippen molar-refractivity contribution in [1.82, 2.24) is 14.9 Å². The Hall–Kier alpha value is -1.14. The molecule has 0 saturated heterocycles. The molecule has 20 heavy (non-hydrogen) atoms. The van der Waals surface area contributed by atoms with Crippen molar-refractivity contribution in [3.8, 4) is 11.4 Å². The Morgan fingerprint density at radius 2 is 1.90 bits per heavy atom. The van der Waals surface area contributed by atoms with Gasteiger partial charge in [0.2, 0.25) is 5.16 Å². The molecule has 4 nitrogen and oxygen atoms in total. The topological polar surface area (TPSA) is 56.7 Å². The average Bonchev–Trinajstić information content (AvgIpc) is 2.85. The Labute approximate surface area is 127 Å². The number of benzene rings is 1. The summed E-state index contributed by atoms with van der Waals surface area (Å²) >= 11 is 0. The zero-order valence-corrected chi connectivity index (χ0v) is 13.3. The van der Waals surface area contributed by atoms with Gasteiger partial charge >= 0.3 is 0 Å². The van der Waals surface area contributed by atoms with E-state index in [-0.39, 0.29) is 0 Å². The molecule has 2 rings (SSSR count). The van der Waals surface area contributed by atoms with E-state index in [9.17, 15) is 0 Å². The number of hydrogen-bond acceptors (Lipinski definition) is 5. The van der Waals surface area contributed by atoms with Crippen LogP contribution < -0.4 is 5.84 Å². The van der Waals surface area contributed by atoms with Crippen LogP contribution in [0.2, 0.25) is 0 Å². The standard InChI is InChI=1S/C14H20N4S2/c1-2-3-4-8-11-19-20-14-17-16-13(18(14)15)12-9-6-5-7-10-12/h5-7,9-10H,2-4,8,11,15H2,1H3. The number of nitrogen functional groups attached to an aromatic ring is 1. The minimum atomic E-state index is 0.708. The summed E-state index contributed by atoms with van der Waals surface area (Å²) in [5.74, 6) is 7.89. The summed E-state index contributed by atoms with van der Waals surface area (Å²) in [4.78, 5) is 0. The Morgan fingerprint density at radius 1 is 1.10 bits per heavy atom. The molecule has 0 saturated carbocycles. The van der Waals surface area contributed by atoms with Crippen LogP contribution in [0.5, 0.6) is 0 Å². The Kier molecular flexibility index (Phi) is 6.26. The van der Waals surface area contributed by atoms with Crippen molar-refractivity contribution in [3.63, 3.8) is 0 Å². The molecule has 0 aliphatic carbocycles. The Morgan fingerprint density at radius 3 is 2.65 bits per heavy atom. The summed E-state index contributed by atoms with van der Waals surface area (Å²) in [5, 5.41) is 9.08. The first-order valence-electron chi connectivity index (χ1n) is 6.88. The molecule has 0 amide bonds. The van der Waals surface area contributed by atoms with Crippen molar-refractivity contribution in [2.24, 2.45) is 0 Å². The minimum absolute atomic E-state index is 0.708. The van der Waals surface area contributed by atoms with Gasteiger partial charge in [-0.05, 0) is 17.2 Å². The maximum atomic E-state index is 6.06. The lowest BCUT2D eigenvalue weighted by Gasteiger charge is -2.03. The predicted octanol–water partition coefficient (Wildman–Crippen LogP) is 3.98. The maximum absolute atomic E-state index is 6.06. The van der Waals surface area contributed by atoms with Crippen molar-refractivity contribution in [1.29, 1.82) is 0 Å². The van der Waals surface area contributed by atoms with Gasteiger partial charge in [0.1, 0.15) is 0 Å². The zero-order chi connectivity index (χ0) is 14.2. The van der Waals surface area contributed by atoms with Crippen LogP contribution in [-0.2, 0) is 0 Å². The molecule has 0 aliphatic heterocycles.